The summed E-state index contributed by atoms with van der Waals surface area (Å²) in [6.07, 6.45) is 1.95. The highest BCUT2D eigenvalue weighted by Crippen LogP contribution is 2.69. The lowest BCUT2D eigenvalue weighted by molar-refractivity contribution is -0.167. The van der Waals surface area contributed by atoms with Crippen LogP contribution in [0.3, 0.4) is 0 Å². The molecule has 2 saturated carbocycles. The van der Waals surface area contributed by atoms with E-state index in [-0.39, 0.29) is 23.7 Å². The fourth-order valence-electron chi connectivity index (χ4n) is 3.46. The lowest BCUT2D eigenvalue weighted by atomic mass is 9.96. The van der Waals surface area contributed by atoms with Crippen LogP contribution in [0.2, 0.25) is 0 Å². The molecule has 1 saturated heterocycles. The van der Waals surface area contributed by atoms with Crippen molar-refractivity contribution in [3.8, 4) is 0 Å². The van der Waals surface area contributed by atoms with Crippen molar-refractivity contribution in [2.45, 2.75) is 57.7 Å². The quantitative estimate of drug-likeness (QED) is 0.690. The Kier molecular flexibility index (Phi) is 1.53. The van der Waals surface area contributed by atoms with Gasteiger partial charge in [-0.1, -0.05) is 6.92 Å². The van der Waals surface area contributed by atoms with Crippen LogP contribution in [-0.4, -0.2) is 29.2 Å². The molecular weight excluding hydrogens is 180 g/mol. The summed E-state index contributed by atoms with van der Waals surface area (Å²) in [6, 6.07) is 0. The van der Waals surface area contributed by atoms with Gasteiger partial charge in [0.1, 0.15) is 6.10 Å². The molecule has 0 aromatic heterocycles. The molecule has 0 aromatic rings. The second-order valence-electron chi connectivity index (χ2n) is 5.41. The van der Waals surface area contributed by atoms with Gasteiger partial charge in [-0.15, -0.1) is 0 Å². The van der Waals surface area contributed by atoms with Crippen molar-refractivity contribution in [1.82, 2.24) is 0 Å². The molecule has 2 aliphatic carbocycles. The predicted octanol–water partition coefficient (Wildman–Crippen LogP) is 1.30. The van der Waals surface area contributed by atoms with Crippen molar-refractivity contribution in [1.29, 1.82) is 0 Å². The number of rotatable bonds is 1. The van der Waals surface area contributed by atoms with E-state index < -0.39 is 5.79 Å². The third-order valence-corrected chi connectivity index (χ3v) is 4.28. The van der Waals surface area contributed by atoms with Gasteiger partial charge in [-0.2, -0.15) is 0 Å². The molecule has 3 fully saturated rings. The van der Waals surface area contributed by atoms with Gasteiger partial charge in [-0.25, -0.2) is 0 Å². The van der Waals surface area contributed by atoms with Crippen molar-refractivity contribution in [3.63, 3.8) is 0 Å². The van der Waals surface area contributed by atoms with Crippen LogP contribution in [-0.2, 0) is 9.47 Å². The van der Waals surface area contributed by atoms with Crippen LogP contribution in [0, 0.1) is 11.3 Å². The number of hydrogen-bond donors (Lipinski definition) is 1. The molecule has 3 aliphatic rings. The van der Waals surface area contributed by atoms with E-state index in [9.17, 15) is 5.11 Å². The van der Waals surface area contributed by atoms with E-state index in [0.717, 1.165) is 12.8 Å². The van der Waals surface area contributed by atoms with Crippen molar-refractivity contribution in [2.75, 3.05) is 0 Å². The van der Waals surface area contributed by atoms with E-state index in [0.29, 0.717) is 5.92 Å². The molecule has 2 unspecified atom stereocenters. The van der Waals surface area contributed by atoms with Crippen LogP contribution >= 0.6 is 0 Å². The number of aliphatic hydroxyl groups is 1. The average Bonchev–Trinajstić information content (AvgIpc) is 2.71. The maximum atomic E-state index is 10.0. The Bertz CT molecular complexity index is 276. The Morgan fingerprint density at radius 2 is 2.07 bits per heavy atom. The van der Waals surface area contributed by atoms with Crippen molar-refractivity contribution >= 4 is 0 Å². The molecule has 0 bridgehead atoms. The summed E-state index contributed by atoms with van der Waals surface area (Å²) >= 11 is 0. The average molecular weight is 198 g/mol. The fraction of sp³-hybridized carbons (Fsp3) is 1.00. The van der Waals surface area contributed by atoms with Crippen LogP contribution < -0.4 is 0 Å². The molecule has 0 radical (unpaired) electrons. The highest BCUT2D eigenvalue weighted by Gasteiger charge is 2.74. The molecular formula is C11H18O3. The fourth-order valence-corrected chi connectivity index (χ4v) is 3.46. The van der Waals surface area contributed by atoms with Gasteiger partial charge in [-0.3, -0.25) is 0 Å². The smallest absolute Gasteiger partial charge is 0.163 e. The number of aliphatic hydroxyl groups excluding tert-OH is 1. The zero-order valence-electron chi connectivity index (χ0n) is 8.99. The van der Waals surface area contributed by atoms with Gasteiger partial charge in [0.2, 0.25) is 0 Å². The van der Waals surface area contributed by atoms with E-state index in [1.165, 1.54) is 0 Å². The van der Waals surface area contributed by atoms with Gasteiger partial charge in [-0.05, 0) is 32.6 Å². The highest BCUT2D eigenvalue weighted by atomic mass is 16.8. The predicted molar refractivity (Wildman–Crippen MR) is 50.7 cm³/mol. The van der Waals surface area contributed by atoms with E-state index in [1.54, 1.807) is 0 Å². The van der Waals surface area contributed by atoms with Crippen molar-refractivity contribution in [3.05, 3.63) is 0 Å². The third kappa shape index (κ3) is 0.884. The first-order valence-corrected chi connectivity index (χ1v) is 5.54. The molecule has 5 atom stereocenters. The van der Waals surface area contributed by atoms with E-state index >= 15 is 0 Å². The van der Waals surface area contributed by atoms with Gasteiger partial charge in [0, 0.05) is 5.41 Å². The number of fused-ring (bicyclic) bond motifs is 3. The molecule has 0 amide bonds. The normalized spacial score (nSPS) is 58.3. The standard InChI is InChI=1S/C11H18O3/c1-4-11-5-6(11)7(12)8-9(11)14-10(2,3)13-8/h6-9,12H,4-5H2,1-3H3/t6?,7-,8-,9-,11?/m0/s1. The molecule has 1 heterocycles. The first-order chi connectivity index (χ1) is 6.50. The minimum atomic E-state index is -0.508. The van der Waals surface area contributed by atoms with Gasteiger partial charge >= 0.3 is 0 Å². The van der Waals surface area contributed by atoms with Crippen LogP contribution in [0.4, 0.5) is 0 Å². The van der Waals surface area contributed by atoms with Gasteiger partial charge in [0.25, 0.3) is 0 Å². The molecule has 80 valence electrons. The molecule has 3 rings (SSSR count). The molecule has 1 N–H and O–H groups in total. The maximum absolute atomic E-state index is 10.0. The maximum Gasteiger partial charge on any atom is 0.163 e. The third-order valence-electron chi connectivity index (χ3n) is 4.28. The van der Waals surface area contributed by atoms with Crippen molar-refractivity contribution in [2.24, 2.45) is 11.3 Å². The summed E-state index contributed by atoms with van der Waals surface area (Å²) in [5.74, 6) is -0.0786. The molecule has 1 aliphatic heterocycles. The first-order valence-electron chi connectivity index (χ1n) is 5.54. The number of ether oxygens (including phenoxy) is 2. The van der Waals surface area contributed by atoms with Gasteiger partial charge in [0.15, 0.2) is 5.79 Å². The summed E-state index contributed by atoms with van der Waals surface area (Å²) in [5.41, 5.74) is 0.234. The SMILES string of the molecule is CCC12CC1[C@H](O)[C@@H]1OC(C)(C)O[C@@H]12. The molecule has 0 aromatic carbocycles. The second kappa shape index (κ2) is 2.34. The molecule has 0 spiro atoms. The minimum absolute atomic E-state index is 0.0799. The van der Waals surface area contributed by atoms with Gasteiger partial charge < -0.3 is 14.6 Å². The Hall–Kier alpha value is -0.120. The van der Waals surface area contributed by atoms with E-state index in [1.807, 2.05) is 13.8 Å². The summed E-state index contributed by atoms with van der Waals surface area (Å²) in [6.45, 7) is 6.04. The summed E-state index contributed by atoms with van der Waals surface area (Å²) in [4.78, 5) is 0. The summed E-state index contributed by atoms with van der Waals surface area (Å²) in [5, 5.41) is 10.0. The Morgan fingerprint density at radius 3 is 2.71 bits per heavy atom. The Balaban J connectivity index is 1.91. The lowest BCUT2D eigenvalue weighted by Crippen LogP contribution is -2.33. The van der Waals surface area contributed by atoms with Gasteiger partial charge in [0.05, 0.1) is 12.2 Å². The zero-order chi connectivity index (χ0) is 10.1. The molecule has 14 heavy (non-hydrogen) atoms. The largest absolute Gasteiger partial charge is 0.390 e. The molecule has 3 heteroatoms. The zero-order valence-corrected chi connectivity index (χ0v) is 8.99. The van der Waals surface area contributed by atoms with E-state index in [2.05, 4.69) is 6.92 Å². The van der Waals surface area contributed by atoms with E-state index in [4.69, 9.17) is 9.47 Å². The minimum Gasteiger partial charge on any atom is -0.390 e. The monoisotopic (exact) mass is 198 g/mol. The highest BCUT2D eigenvalue weighted by molar-refractivity contribution is 5.21. The first kappa shape index (κ1) is 9.13. The number of hydrogen-bond acceptors (Lipinski definition) is 3. The Morgan fingerprint density at radius 1 is 1.36 bits per heavy atom. The topological polar surface area (TPSA) is 38.7 Å². The molecule has 3 nitrogen and oxygen atoms in total. The van der Waals surface area contributed by atoms with Crippen LogP contribution in [0.1, 0.15) is 33.6 Å². The lowest BCUT2D eigenvalue weighted by Gasteiger charge is -2.22. The van der Waals surface area contributed by atoms with Crippen LogP contribution in [0.15, 0.2) is 0 Å². The second-order valence-corrected chi connectivity index (χ2v) is 5.41. The van der Waals surface area contributed by atoms with Crippen LogP contribution in [0.25, 0.3) is 0 Å². The van der Waals surface area contributed by atoms with Crippen LogP contribution in [0.5, 0.6) is 0 Å². The Labute approximate surface area is 84.4 Å². The van der Waals surface area contributed by atoms with Crippen molar-refractivity contribution < 1.29 is 14.6 Å². The summed E-state index contributed by atoms with van der Waals surface area (Å²) < 4.78 is 11.6. The summed E-state index contributed by atoms with van der Waals surface area (Å²) in [7, 11) is 0.